The van der Waals surface area contributed by atoms with E-state index < -0.39 is 0 Å². The molecule has 1 unspecified atom stereocenters. The summed E-state index contributed by atoms with van der Waals surface area (Å²) in [5.74, 6) is 2.29. The Bertz CT molecular complexity index is 841. The fourth-order valence-corrected chi connectivity index (χ4v) is 3.87. The molecule has 1 aromatic heterocycles. The summed E-state index contributed by atoms with van der Waals surface area (Å²) in [6.07, 6.45) is 0. The smallest absolute Gasteiger partial charge is 0.257 e. The zero-order valence-electron chi connectivity index (χ0n) is 15.2. The van der Waals surface area contributed by atoms with Gasteiger partial charge in [0.05, 0.1) is 6.04 Å². The van der Waals surface area contributed by atoms with E-state index in [1.807, 2.05) is 30.0 Å². The summed E-state index contributed by atoms with van der Waals surface area (Å²) in [6.45, 7) is 2.84. The molecule has 0 amide bonds. The van der Waals surface area contributed by atoms with E-state index in [0.29, 0.717) is 5.89 Å². The summed E-state index contributed by atoms with van der Waals surface area (Å²) < 4.78 is 5.50. The van der Waals surface area contributed by atoms with Gasteiger partial charge >= 0.3 is 0 Å². The molecule has 0 saturated carbocycles. The molecular formula is C20H23ClN4OS. The van der Waals surface area contributed by atoms with Crippen LogP contribution in [0, 0.1) is 0 Å². The van der Waals surface area contributed by atoms with Crippen molar-refractivity contribution in [2.24, 2.45) is 0 Å². The Morgan fingerprint density at radius 2 is 1.93 bits per heavy atom. The van der Waals surface area contributed by atoms with Gasteiger partial charge in [0.2, 0.25) is 0 Å². The number of halogens is 1. The zero-order chi connectivity index (χ0) is 17.8. The van der Waals surface area contributed by atoms with E-state index in [-0.39, 0.29) is 18.4 Å². The van der Waals surface area contributed by atoms with Crippen LogP contribution in [0.5, 0.6) is 0 Å². The first-order valence-electron chi connectivity index (χ1n) is 8.81. The van der Waals surface area contributed by atoms with E-state index in [1.54, 1.807) is 0 Å². The average Bonchev–Trinajstić information content (AvgIpc) is 3.18. The van der Waals surface area contributed by atoms with Gasteiger partial charge in [-0.3, -0.25) is 4.90 Å². The lowest BCUT2D eigenvalue weighted by atomic mass is 10.2. The number of aromatic nitrogens is 2. The molecule has 0 aliphatic carbocycles. The van der Waals surface area contributed by atoms with Gasteiger partial charge in [0.1, 0.15) is 0 Å². The number of thioether (sulfide) groups is 1. The highest BCUT2D eigenvalue weighted by Crippen LogP contribution is 2.27. The van der Waals surface area contributed by atoms with E-state index in [2.05, 4.69) is 63.8 Å². The van der Waals surface area contributed by atoms with Gasteiger partial charge in [-0.05, 0) is 36.9 Å². The molecular weight excluding hydrogens is 380 g/mol. The Morgan fingerprint density at radius 1 is 1.15 bits per heavy atom. The summed E-state index contributed by atoms with van der Waals surface area (Å²) in [5, 5.41) is 7.57. The number of benzene rings is 2. The van der Waals surface area contributed by atoms with Crippen LogP contribution in [0.3, 0.4) is 0 Å². The molecule has 3 aromatic rings. The fraction of sp³-hybridized carbons (Fsp3) is 0.300. The standard InChI is InChI=1S/C20H22N4OS.ClH/c1-24-12-11-21-13-18(24)19-22-20(25-23-19)16-7-9-17(10-8-16)26-14-15-5-3-2-4-6-15;/h2-10,18,21H,11-14H2,1H3;1H. The van der Waals surface area contributed by atoms with E-state index in [0.717, 1.165) is 36.8 Å². The van der Waals surface area contributed by atoms with Crippen LogP contribution in [-0.4, -0.2) is 41.7 Å². The van der Waals surface area contributed by atoms with Crippen molar-refractivity contribution in [3.8, 4) is 11.5 Å². The second-order valence-corrected chi connectivity index (χ2v) is 7.51. The molecule has 0 radical (unpaired) electrons. The molecule has 1 aliphatic heterocycles. The lowest BCUT2D eigenvalue weighted by Crippen LogP contribution is -2.44. The van der Waals surface area contributed by atoms with Gasteiger partial charge in [-0.25, -0.2) is 0 Å². The highest BCUT2D eigenvalue weighted by molar-refractivity contribution is 7.98. The zero-order valence-corrected chi connectivity index (χ0v) is 16.8. The number of nitrogens with zero attached hydrogens (tertiary/aromatic N) is 3. The first kappa shape index (κ1) is 19.9. The van der Waals surface area contributed by atoms with E-state index in [4.69, 9.17) is 4.52 Å². The lowest BCUT2D eigenvalue weighted by Gasteiger charge is -2.30. The average molecular weight is 403 g/mol. The minimum Gasteiger partial charge on any atom is -0.334 e. The predicted octanol–water partition coefficient (Wildman–Crippen LogP) is 4.03. The Balaban J connectivity index is 0.00000210. The summed E-state index contributed by atoms with van der Waals surface area (Å²) in [7, 11) is 2.10. The Labute approximate surface area is 170 Å². The summed E-state index contributed by atoms with van der Waals surface area (Å²) in [5.41, 5.74) is 2.28. The maximum atomic E-state index is 5.50. The van der Waals surface area contributed by atoms with E-state index in [9.17, 15) is 0 Å². The highest BCUT2D eigenvalue weighted by Gasteiger charge is 2.25. The lowest BCUT2D eigenvalue weighted by molar-refractivity contribution is 0.190. The molecule has 1 N–H and O–H groups in total. The fourth-order valence-electron chi connectivity index (χ4n) is 3.02. The molecule has 0 spiro atoms. The Kier molecular flexibility index (Phi) is 6.90. The molecule has 1 atom stereocenters. The normalized spacial score (nSPS) is 17.4. The van der Waals surface area contributed by atoms with Crippen molar-refractivity contribution in [1.82, 2.24) is 20.4 Å². The number of piperazine rings is 1. The minimum atomic E-state index is 0. The maximum absolute atomic E-state index is 5.50. The van der Waals surface area contributed by atoms with Crippen LogP contribution in [0.15, 0.2) is 64.0 Å². The van der Waals surface area contributed by atoms with Crippen LogP contribution < -0.4 is 5.32 Å². The number of hydrogen-bond acceptors (Lipinski definition) is 6. The number of hydrogen-bond donors (Lipinski definition) is 1. The highest BCUT2D eigenvalue weighted by atomic mass is 35.5. The van der Waals surface area contributed by atoms with Crippen molar-refractivity contribution in [2.45, 2.75) is 16.7 Å². The van der Waals surface area contributed by atoms with Crippen molar-refractivity contribution >= 4 is 24.2 Å². The Hall–Kier alpha value is -1.86. The maximum Gasteiger partial charge on any atom is 0.257 e. The van der Waals surface area contributed by atoms with Crippen LogP contribution in [0.2, 0.25) is 0 Å². The van der Waals surface area contributed by atoms with Crippen LogP contribution in [0.25, 0.3) is 11.5 Å². The predicted molar refractivity (Wildman–Crippen MR) is 111 cm³/mol. The first-order valence-corrected chi connectivity index (χ1v) is 9.80. The van der Waals surface area contributed by atoms with Crippen LogP contribution in [-0.2, 0) is 5.75 Å². The van der Waals surface area contributed by atoms with Gasteiger partial charge in [-0.2, -0.15) is 4.98 Å². The first-order chi connectivity index (χ1) is 12.8. The second-order valence-electron chi connectivity index (χ2n) is 6.46. The van der Waals surface area contributed by atoms with Gasteiger partial charge in [0.15, 0.2) is 5.82 Å². The molecule has 7 heteroatoms. The van der Waals surface area contributed by atoms with Crippen LogP contribution in [0.1, 0.15) is 17.4 Å². The molecule has 1 aliphatic rings. The van der Waals surface area contributed by atoms with Gasteiger partial charge in [-0.15, -0.1) is 24.2 Å². The number of likely N-dealkylation sites (N-methyl/N-ethyl adjacent to an activating group) is 1. The number of nitrogens with one attached hydrogen (secondary N) is 1. The molecule has 4 rings (SSSR count). The molecule has 142 valence electrons. The summed E-state index contributed by atoms with van der Waals surface area (Å²) in [6, 6.07) is 19.0. The molecule has 5 nitrogen and oxygen atoms in total. The van der Waals surface area contributed by atoms with Gasteiger partial charge < -0.3 is 9.84 Å². The van der Waals surface area contributed by atoms with Crippen molar-refractivity contribution in [2.75, 3.05) is 26.7 Å². The molecule has 27 heavy (non-hydrogen) atoms. The van der Waals surface area contributed by atoms with Crippen molar-refractivity contribution in [3.63, 3.8) is 0 Å². The third-order valence-electron chi connectivity index (χ3n) is 4.60. The third-order valence-corrected chi connectivity index (χ3v) is 5.68. The van der Waals surface area contributed by atoms with E-state index >= 15 is 0 Å². The minimum absolute atomic E-state index is 0. The quantitative estimate of drug-likeness (QED) is 0.650. The molecule has 1 fully saturated rings. The van der Waals surface area contributed by atoms with Gasteiger partial charge in [0, 0.05) is 35.8 Å². The molecule has 1 saturated heterocycles. The summed E-state index contributed by atoms with van der Waals surface area (Å²) in [4.78, 5) is 8.10. The third kappa shape index (κ3) is 4.90. The number of rotatable bonds is 5. The summed E-state index contributed by atoms with van der Waals surface area (Å²) >= 11 is 1.82. The molecule has 2 aromatic carbocycles. The monoisotopic (exact) mass is 402 g/mol. The van der Waals surface area contributed by atoms with Crippen molar-refractivity contribution in [3.05, 3.63) is 66.0 Å². The topological polar surface area (TPSA) is 54.2 Å². The molecule has 0 bridgehead atoms. The largest absolute Gasteiger partial charge is 0.334 e. The van der Waals surface area contributed by atoms with Crippen LogP contribution >= 0.6 is 24.2 Å². The SMILES string of the molecule is CN1CCNCC1c1noc(-c2ccc(SCc3ccccc3)cc2)n1.Cl. The molecule has 2 heterocycles. The van der Waals surface area contributed by atoms with E-state index in [1.165, 1.54) is 10.5 Å². The van der Waals surface area contributed by atoms with Crippen molar-refractivity contribution < 1.29 is 4.52 Å². The van der Waals surface area contributed by atoms with Gasteiger partial charge in [0.25, 0.3) is 5.89 Å². The van der Waals surface area contributed by atoms with Gasteiger partial charge in [-0.1, -0.05) is 35.5 Å². The second kappa shape index (κ2) is 9.37. The van der Waals surface area contributed by atoms with Crippen LogP contribution in [0.4, 0.5) is 0 Å². The Morgan fingerprint density at radius 3 is 2.67 bits per heavy atom. The van der Waals surface area contributed by atoms with Crippen molar-refractivity contribution in [1.29, 1.82) is 0 Å².